The molecule has 7 heteroatoms. The Balaban J connectivity index is 2.35. The van der Waals surface area contributed by atoms with Gasteiger partial charge in [-0.05, 0) is 97.5 Å². The number of carbonyl (C=O) groups is 3. The maximum atomic E-state index is 12.4. The van der Waals surface area contributed by atoms with E-state index in [0.717, 1.165) is 18.8 Å². The average molecular weight is 462 g/mol. The van der Waals surface area contributed by atoms with Crippen molar-refractivity contribution in [1.29, 1.82) is 0 Å². The van der Waals surface area contributed by atoms with Crippen LogP contribution in [-0.2, 0) is 9.59 Å². The van der Waals surface area contributed by atoms with Crippen LogP contribution in [0.1, 0.15) is 47.8 Å². The quantitative estimate of drug-likeness (QED) is 0.517. The molecule has 1 aliphatic carbocycles. The third kappa shape index (κ3) is 4.64. The summed E-state index contributed by atoms with van der Waals surface area (Å²) < 4.78 is 0. The van der Waals surface area contributed by atoms with Crippen molar-refractivity contribution in [3.05, 3.63) is 87.5 Å². The highest BCUT2D eigenvalue weighted by atomic mass is 16.4. The van der Waals surface area contributed by atoms with E-state index in [0.29, 0.717) is 27.8 Å². The molecule has 0 saturated heterocycles. The Morgan fingerprint density at radius 2 is 1.50 bits per heavy atom. The fourth-order valence-electron chi connectivity index (χ4n) is 4.09. The molecule has 1 aliphatic rings. The molecule has 2 aromatic rings. The highest BCUT2D eigenvalue weighted by molar-refractivity contribution is 6.25. The van der Waals surface area contributed by atoms with Crippen LogP contribution < -0.4 is 4.90 Å². The van der Waals surface area contributed by atoms with Gasteiger partial charge in [0, 0.05) is 18.8 Å². The zero-order valence-corrected chi connectivity index (χ0v) is 19.5. The lowest BCUT2D eigenvalue weighted by atomic mass is 9.85. The summed E-state index contributed by atoms with van der Waals surface area (Å²) in [5, 5.41) is 29.4. The Labute approximate surface area is 198 Å². The average Bonchev–Trinajstić information content (AvgIpc) is 2.79. The lowest BCUT2D eigenvalue weighted by Gasteiger charge is -2.22. The third-order valence-electron chi connectivity index (χ3n) is 5.90. The van der Waals surface area contributed by atoms with Crippen LogP contribution >= 0.6 is 0 Å². The molecule has 3 N–H and O–H groups in total. The number of carboxylic acid groups (broad SMARTS) is 2. The molecule has 0 radical (unpaired) electrons. The van der Waals surface area contributed by atoms with Gasteiger partial charge in [-0.2, -0.15) is 0 Å². The number of carboxylic acids is 2. The van der Waals surface area contributed by atoms with Gasteiger partial charge in [-0.3, -0.25) is 4.79 Å². The highest BCUT2D eigenvalue weighted by Crippen LogP contribution is 2.36. The lowest BCUT2D eigenvalue weighted by molar-refractivity contribution is -0.134. The van der Waals surface area contributed by atoms with Gasteiger partial charge in [0.05, 0.1) is 0 Å². The van der Waals surface area contributed by atoms with Gasteiger partial charge in [0.15, 0.2) is 5.78 Å². The van der Waals surface area contributed by atoms with Crippen molar-refractivity contribution in [1.82, 2.24) is 0 Å². The van der Waals surface area contributed by atoms with Gasteiger partial charge in [-0.1, -0.05) is 12.1 Å². The van der Waals surface area contributed by atoms with Gasteiger partial charge in [0.2, 0.25) is 0 Å². The number of phenols is 1. The molecule has 2 aromatic carbocycles. The number of hydrogen-bond acceptors (Lipinski definition) is 5. The van der Waals surface area contributed by atoms with Crippen LogP contribution in [0.5, 0.6) is 5.75 Å². The second kappa shape index (κ2) is 9.79. The van der Waals surface area contributed by atoms with Gasteiger partial charge >= 0.3 is 11.9 Å². The number of Topliss-reactive ketones (excluding diaryl/α,β-unsaturated/α-hetero) is 1. The Kier molecular flexibility index (Phi) is 7.05. The van der Waals surface area contributed by atoms with Crippen LogP contribution in [0.15, 0.2) is 65.3 Å². The number of hydrogen-bond donors (Lipinski definition) is 3. The standard InChI is InChI=1S/C27H27NO6/c1-5-28(6-2)20-9-7-17(8-10-20)23(18-11-15(3)24(29)21(13-18)26(31)32)19-12-16(4)25(30)22(14-19)27(33)34/h7-14,29H,5-6H2,1-4H3,(H,31,32)(H,33,34)/b23-19+. The van der Waals surface area contributed by atoms with Gasteiger partial charge in [-0.25, -0.2) is 9.59 Å². The molecule has 0 atom stereocenters. The second-order valence-corrected chi connectivity index (χ2v) is 8.06. The van der Waals surface area contributed by atoms with E-state index in [2.05, 4.69) is 18.7 Å². The number of benzene rings is 2. The summed E-state index contributed by atoms with van der Waals surface area (Å²) >= 11 is 0. The number of ketones is 1. The molecule has 3 rings (SSSR count). The molecular formula is C27H27NO6. The Morgan fingerprint density at radius 3 is 2.03 bits per heavy atom. The number of aromatic hydroxyl groups is 1. The minimum Gasteiger partial charge on any atom is -0.507 e. The van der Waals surface area contributed by atoms with E-state index in [1.807, 2.05) is 24.3 Å². The summed E-state index contributed by atoms with van der Waals surface area (Å²) in [6.07, 6.45) is 2.92. The number of aryl methyl sites for hydroxylation is 1. The van der Waals surface area contributed by atoms with Crippen LogP contribution in [0, 0.1) is 6.92 Å². The normalized spacial score (nSPS) is 14.9. The van der Waals surface area contributed by atoms with E-state index in [1.165, 1.54) is 12.1 Å². The molecule has 0 amide bonds. The number of nitrogens with zero attached hydrogens (tertiary/aromatic N) is 1. The van der Waals surface area contributed by atoms with Gasteiger partial charge in [-0.15, -0.1) is 0 Å². The number of allylic oxidation sites excluding steroid dienone is 4. The van der Waals surface area contributed by atoms with Crippen molar-refractivity contribution in [2.45, 2.75) is 27.7 Å². The second-order valence-electron chi connectivity index (χ2n) is 8.06. The minimum absolute atomic E-state index is 0.261. The smallest absolute Gasteiger partial charge is 0.339 e. The maximum absolute atomic E-state index is 12.4. The molecule has 0 heterocycles. The summed E-state index contributed by atoms with van der Waals surface area (Å²) in [5.41, 5.74) is 3.24. The van der Waals surface area contributed by atoms with Crippen molar-refractivity contribution < 1.29 is 29.7 Å². The van der Waals surface area contributed by atoms with Crippen molar-refractivity contribution in [3.8, 4) is 5.75 Å². The van der Waals surface area contributed by atoms with Crippen LogP contribution in [0.4, 0.5) is 5.69 Å². The summed E-state index contributed by atoms with van der Waals surface area (Å²) in [5.74, 6) is -3.51. The molecule has 0 saturated carbocycles. The Bertz CT molecular complexity index is 1260. The van der Waals surface area contributed by atoms with Gasteiger partial charge < -0.3 is 20.2 Å². The molecule has 0 aromatic heterocycles. The molecule has 0 aliphatic heterocycles. The highest BCUT2D eigenvalue weighted by Gasteiger charge is 2.25. The van der Waals surface area contributed by atoms with Crippen LogP contribution in [0.3, 0.4) is 0 Å². The molecule has 176 valence electrons. The van der Waals surface area contributed by atoms with E-state index in [-0.39, 0.29) is 22.5 Å². The summed E-state index contributed by atoms with van der Waals surface area (Å²) in [7, 11) is 0. The first-order valence-corrected chi connectivity index (χ1v) is 10.9. The fraction of sp³-hybridized carbons (Fsp3) is 0.222. The Morgan fingerprint density at radius 1 is 0.882 bits per heavy atom. The molecule has 0 fully saturated rings. The first-order chi connectivity index (χ1) is 16.1. The third-order valence-corrected chi connectivity index (χ3v) is 5.90. The predicted octanol–water partition coefficient (Wildman–Crippen LogP) is 4.59. The predicted molar refractivity (Wildman–Crippen MR) is 130 cm³/mol. The number of aliphatic carboxylic acids is 1. The van der Waals surface area contributed by atoms with Gasteiger partial charge in [0.1, 0.15) is 16.9 Å². The van der Waals surface area contributed by atoms with E-state index in [1.54, 1.807) is 26.0 Å². The van der Waals surface area contributed by atoms with E-state index >= 15 is 0 Å². The largest absolute Gasteiger partial charge is 0.507 e. The van der Waals surface area contributed by atoms with E-state index in [4.69, 9.17) is 0 Å². The SMILES string of the molecule is CCN(CC)c1ccc(/C(=C2/C=C(C)C(=O)C(C(=O)O)=C2)c2cc(C)c(O)c(C(=O)O)c2)cc1. The number of anilines is 1. The van der Waals surface area contributed by atoms with Crippen LogP contribution in [0.25, 0.3) is 5.57 Å². The minimum atomic E-state index is -1.33. The van der Waals surface area contributed by atoms with Crippen molar-refractivity contribution in [2.24, 2.45) is 0 Å². The fourth-order valence-corrected chi connectivity index (χ4v) is 4.09. The topological polar surface area (TPSA) is 115 Å². The van der Waals surface area contributed by atoms with Crippen LogP contribution in [-0.4, -0.2) is 46.1 Å². The van der Waals surface area contributed by atoms with Crippen molar-refractivity contribution in [2.75, 3.05) is 18.0 Å². The first-order valence-electron chi connectivity index (χ1n) is 10.9. The molecular weight excluding hydrogens is 434 g/mol. The zero-order chi connectivity index (χ0) is 25.2. The summed E-state index contributed by atoms with van der Waals surface area (Å²) in [6, 6.07) is 10.7. The molecule has 0 spiro atoms. The molecule has 0 bridgehead atoms. The first kappa shape index (κ1) is 24.5. The van der Waals surface area contributed by atoms with Crippen molar-refractivity contribution in [3.63, 3.8) is 0 Å². The number of aromatic carboxylic acids is 1. The Hall–Kier alpha value is -4.13. The molecule has 34 heavy (non-hydrogen) atoms. The zero-order valence-electron chi connectivity index (χ0n) is 19.5. The van der Waals surface area contributed by atoms with Crippen molar-refractivity contribution >= 4 is 29.0 Å². The van der Waals surface area contributed by atoms with Gasteiger partial charge in [0.25, 0.3) is 0 Å². The summed E-state index contributed by atoms with van der Waals surface area (Å²) in [4.78, 5) is 38.0. The van der Waals surface area contributed by atoms with E-state index < -0.39 is 17.7 Å². The van der Waals surface area contributed by atoms with Crippen LogP contribution in [0.2, 0.25) is 0 Å². The molecule has 7 nitrogen and oxygen atoms in total. The number of carbonyl (C=O) groups excluding carboxylic acids is 1. The molecule has 0 unspecified atom stereocenters. The number of rotatable bonds is 7. The maximum Gasteiger partial charge on any atom is 0.339 e. The summed E-state index contributed by atoms with van der Waals surface area (Å²) in [6.45, 7) is 8.92. The monoisotopic (exact) mass is 461 g/mol. The van der Waals surface area contributed by atoms with E-state index in [9.17, 15) is 29.7 Å². The lowest BCUT2D eigenvalue weighted by Crippen LogP contribution is -2.21.